The summed E-state index contributed by atoms with van der Waals surface area (Å²) in [5.41, 5.74) is 0. The summed E-state index contributed by atoms with van der Waals surface area (Å²) in [6.45, 7) is 3.54. The van der Waals surface area contributed by atoms with Gasteiger partial charge in [0, 0.05) is 25.9 Å². The minimum Gasteiger partial charge on any atom is -0.378 e. The number of hydrogen-bond acceptors (Lipinski definition) is 5. The van der Waals surface area contributed by atoms with Crippen LogP contribution in [0.15, 0.2) is 0 Å². The first-order valence-electron chi connectivity index (χ1n) is 4.80. The lowest BCUT2D eigenvalue weighted by atomic mass is 10.3. The second-order valence-electron chi connectivity index (χ2n) is 3.61. The highest BCUT2D eigenvalue weighted by molar-refractivity contribution is 7.91. The SMILES string of the molecule is CCC(O)N1CCNCC1S(C)(=O)=O. The van der Waals surface area contributed by atoms with Gasteiger partial charge in [-0.05, 0) is 6.42 Å². The first-order chi connectivity index (χ1) is 6.46. The van der Waals surface area contributed by atoms with E-state index in [2.05, 4.69) is 5.32 Å². The highest BCUT2D eigenvalue weighted by Gasteiger charge is 2.33. The third kappa shape index (κ3) is 2.66. The van der Waals surface area contributed by atoms with Gasteiger partial charge < -0.3 is 10.4 Å². The number of sulfone groups is 1. The minimum atomic E-state index is -3.13. The normalized spacial score (nSPS) is 27.5. The fourth-order valence-corrected chi connectivity index (χ4v) is 2.83. The third-order valence-corrected chi connectivity index (χ3v) is 3.90. The molecule has 1 rings (SSSR count). The van der Waals surface area contributed by atoms with Gasteiger partial charge in [-0.15, -0.1) is 0 Å². The molecule has 0 aromatic carbocycles. The summed E-state index contributed by atoms with van der Waals surface area (Å²) in [6.07, 6.45) is 1.10. The molecule has 6 heteroatoms. The van der Waals surface area contributed by atoms with Crippen molar-refractivity contribution >= 4 is 9.84 Å². The molecule has 0 radical (unpaired) electrons. The van der Waals surface area contributed by atoms with Gasteiger partial charge in [-0.1, -0.05) is 6.92 Å². The van der Waals surface area contributed by atoms with E-state index in [1.54, 1.807) is 4.90 Å². The first kappa shape index (κ1) is 11.9. The summed E-state index contributed by atoms with van der Waals surface area (Å²) in [5, 5.41) is 12.1. The Hall–Kier alpha value is -0.170. The Morgan fingerprint density at radius 2 is 2.29 bits per heavy atom. The molecule has 0 aromatic rings. The van der Waals surface area contributed by atoms with E-state index in [9.17, 15) is 13.5 Å². The van der Waals surface area contributed by atoms with E-state index in [1.165, 1.54) is 6.26 Å². The molecule has 1 saturated heterocycles. The Balaban J connectivity index is 2.79. The van der Waals surface area contributed by atoms with Crippen LogP contribution in [0.5, 0.6) is 0 Å². The van der Waals surface area contributed by atoms with Crippen molar-refractivity contribution < 1.29 is 13.5 Å². The monoisotopic (exact) mass is 222 g/mol. The summed E-state index contributed by atoms with van der Waals surface area (Å²) >= 11 is 0. The fourth-order valence-electron chi connectivity index (χ4n) is 1.67. The largest absolute Gasteiger partial charge is 0.378 e. The summed E-state index contributed by atoms with van der Waals surface area (Å²) in [5.74, 6) is 0. The molecule has 1 fully saturated rings. The average molecular weight is 222 g/mol. The van der Waals surface area contributed by atoms with Gasteiger partial charge in [0.15, 0.2) is 9.84 Å². The fraction of sp³-hybridized carbons (Fsp3) is 1.00. The average Bonchev–Trinajstić information content (AvgIpc) is 2.15. The van der Waals surface area contributed by atoms with Crippen LogP contribution in [0.1, 0.15) is 13.3 Å². The van der Waals surface area contributed by atoms with Crippen LogP contribution in [0.4, 0.5) is 0 Å². The van der Waals surface area contributed by atoms with Gasteiger partial charge in [0.2, 0.25) is 0 Å². The van der Waals surface area contributed by atoms with Gasteiger partial charge in [-0.2, -0.15) is 0 Å². The first-order valence-corrected chi connectivity index (χ1v) is 6.75. The van der Waals surface area contributed by atoms with Crippen LogP contribution in [-0.4, -0.2) is 55.9 Å². The van der Waals surface area contributed by atoms with Gasteiger partial charge in [-0.3, -0.25) is 4.90 Å². The van der Waals surface area contributed by atoms with E-state index >= 15 is 0 Å². The number of piperazine rings is 1. The molecular formula is C8H18N2O3S. The minimum absolute atomic E-state index is 0.399. The molecular weight excluding hydrogens is 204 g/mol. The quantitative estimate of drug-likeness (QED) is 0.640. The number of rotatable bonds is 3. The molecule has 1 aliphatic rings. The van der Waals surface area contributed by atoms with Crippen molar-refractivity contribution in [3.05, 3.63) is 0 Å². The molecule has 0 aliphatic carbocycles. The molecule has 5 nitrogen and oxygen atoms in total. The van der Waals surface area contributed by atoms with Crippen LogP contribution < -0.4 is 5.32 Å². The summed E-state index contributed by atoms with van der Waals surface area (Å²) < 4.78 is 22.8. The van der Waals surface area contributed by atoms with Crippen LogP contribution in [0.25, 0.3) is 0 Å². The Morgan fingerprint density at radius 3 is 2.79 bits per heavy atom. The van der Waals surface area contributed by atoms with Crippen molar-refractivity contribution in [1.29, 1.82) is 0 Å². The molecule has 0 saturated carbocycles. The van der Waals surface area contributed by atoms with E-state index in [0.29, 0.717) is 19.5 Å². The van der Waals surface area contributed by atoms with Crippen LogP contribution in [0.2, 0.25) is 0 Å². The molecule has 0 amide bonds. The van der Waals surface area contributed by atoms with Gasteiger partial charge in [0.1, 0.15) is 11.6 Å². The molecule has 0 bridgehead atoms. The highest BCUT2D eigenvalue weighted by Crippen LogP contribution is 2.13. The van der Waals surface area contributed by atoms with Crippen LogP contribution >= 0.6 is 0 Å². The zero-order valence-corrected chi connectivity index (χ0v) is 9.42. The predicted octanol–water partition coefficient (Wildman–Crippen LogP) is -1.01. The number of nitrogens with zero attached hydrogens (tertiary/aromatic N) is 1. The molecule has 84 valence electrons. The Kier molecular flexibility index (Phi) is 3.88. The molecule has 0 aromatic heterocycles. The van der Waals surface area contributed by atoms with Gasteiger partial charge in [-0.25, -0.2) is 8.42 Å². The standard InChI is InChI=1S/C8H18N2O3S/c1-3-7(11)10-5-4-9-6-8(10)14(2,12)13/h7-9,11H,3-6H2,1-2H3. The van der Waals surface area contributed by atoms with Crippen molar-refractivity contribution in [2.75, 3.05) is 25.9 Å². The zero-order chi connectivity index (χ0) is 10.8. The number of aliphatic hydroxyl groups is 1. The van der Waals surface area contributed by atoms with E-state index in [4.69, 9.17) is 0 Å². The van der Waals surface area contributed by atoms with Gasteiger partial charge >= 0.3 is 0 Å². The van der Waals surface area contributed by atoms with Crippen molar-refractivity contribution in [1.82, 2.24) is 10.2 Å². The van der Waals surface area contributed by atoms with E-state index in [0.717, 1.165) is 6.54 Å². The van der Waals surface area contributed by atoms with Crippen molar-refractivity contribution in [3.63, 3.8) is 0 Å². The molecule has 2 unspecified atom stereocenters. The molecule has 1 aliphatic heterocycles. The summed E-state index contributed by atoms with van der Waals surface area (Å²) in [4.78, 5) is 1.64. The number of aliphatic hydroxyl groups excluding tert-OH is 1. The maximum absolute atomic E-state index is 11.4. The van der Waals surface area contributed by atoms with E-state index < -0.39 is 21.4 Å². The van der Waals surface area contributed by atoms with Crippen LogP contribution in [-0.2, 0) is 9.84 Å². The van der Waals surface area contributed by atoms with Crippen molar-refractivity contribution in [2.45, 2.75) is 24.9 Å². The summed E-state index contributed by atoms with van der Waals surface area (Å²) in [6, 6.07) is 0. The number of nitrogens with one attached hydrogen (secondary N) is 1. The third-order valence-electron chi connectivity index (χ3n) is 2.48. The predicted molar refractivity (Wildman–Crippen MR) is 54.5 cm³/mol. The maximum Gasteiger partial charge on any atom is 0.164 e. The molecule has 1 heterocycles. The second kappa shape index (κ2) is 4.57. The lowest BCUT2D eigenvalue weighted by Gasteiger charge is -2.37. The Bertz CT molecular complexity index is 278. The van der Waals surface area contributed by atoms with Crippen LogP contribution in [0, 0.1) is 0 Å². The molecule has 2 N–H and O–H groups in total. The Labute approximate surface area is 85.0 Å². The smallest absolute Gasteiger partial charge is 0.164 e. The highest BCUT2D eigenvalue weighted by atomic mass is 32.2. The van der Waals surface area contributed by atoms with Crippen molar-refractivity contribution in [3.8, 4) is 0 Å². The van der Waals surface area contributed by atoms with Gasteiger partial charge in [0.25, 0.3) is 0 Å². The number of hydrogen-bond donors (Lipinski definition) is 2. The lowest BCUT2D eigenvalue weighted by Crippen LogP contribution is -2.57. The second-order valence-corrected chi connectivity index (χ2v) is 5.82. The lowest BCUT2D eigenvalue weighted by molar-refractivity contribution is -0.0166. The Morgan fingerprint density at radius 1 is 1.64 bits per heavy atom. The van der Waals surface area contributed by atoms with E-state index in [1.807, 2.05) is 6.92 Å². The van der Waals surface area contributed by atoms with E-state index in [-0.39, 0.29) is 0 Å². The van der Waals surface area contributed by atoms with Crippen molar-refractivity contribution in [2.24, 2.45) is 0 Å². The van der Waals surface area contributed by atoms with Gasteiger partial charge in [0.05, 0.1) is 0 Å². The topological polar surface area (TPSA) is 69.6 Å². The molecule has 2 atom stereocenters. The maximum atomic E-state index is 11.4. The molecule has 0 spiro atoms. The summed E-state index contributed by atoms with van der Waals surface area (Å²) in [7, 11) is -3.13. The van der Waals surface area contributed by atoms with Crippen LogP contribution in [0.3, 0.4) is 0 Å². The molecule has 14 heavy (non-hydrogen) atoms. The zero-order valence-electron chi connectivity index (χ0n) is 8.60.